The summed E-state index contributed by atoms with van der Waals surface area (Å²) in [6.45, 7) is 5.43. The number of carbonyl (C=O) groups is 1. The molecule has 0 aliphatic rings. The van der Waals surface area contributed by atoms with Gasteiger partial charge < -0.3 is 10.6 Å². The van der Waals surface area contributed by atoms with Crippen LogP contribution >= 0.6 is 11.6 Å². The molecule has 29 heavy (non-hydrogen) atoms. The van der Waals surface area contributed by atoms with E-state index >= 15 is 0 Å². The standard InChI is InChI=1S/C20H18ClN7O/c1-4-18(29)25-16-5-6-17-14(12(16)2)7-8-28(17)19-15(21)10-22-20(26-19)24-13-9-23-27(3)11-13/h4-11H,1H2,2-3H3,(H,25,29)(H,22,24,26). The van der Waals surface area contributed by atoms with Crippen molar-refractivity contribution in [2.45, 2.75) is 6.92 Å². The van der Waals surface area contributed by atoms with E-state index in [-0.39, 0.29) is 5.91 Å². The highest BCUT2D eigenvalue weighted by Crippen LogP contribution is 2.30. The van der Waals surface area contributed by atoms with Crippen LogP contribution in [0.5, 0.6) is 0 Å². The number of halogens is 1. The van der Waals surface area contributed by atoms with Crippen LogP contribution in [0.1, 0.15) is 5.56 Å². The lowest BCUT2D eigenvalue weighted by Crippen LogP contribution is -2.08. The molecule has 0 saturated heterocycles. The van der Waals surface area contributed by atoms with E-state index < -0.39 is 0 Å². The largest absolute Gasteiger partial charge is 0.322 e. The number of amides is 1. The molecule has 0 spiro atoms. The third-order valence-corrected chi connectivity index (χ3v) is 4.77. The number of aromatic nitrogens is 5. The molecule has 0 radical (unpaired) electrons. The third kappa shape index (κ3) is 3.57. The summed E-state index contributed by atoms with van der Waals surface area (Å²) in [5.41, 5.74) is 3.35. The molecule has 4 rings (SSSR count). The molecule has 0 atom stereocenters. The molecule has 4 aromatic rings. The van der Waals surface area contributed by atoms with Crippen molar-refractivity contribution in [3.63, 3.8) is 0 Å². The number of anilines is 3. The van der Waals surface area contributed by atoms with Gasteiger partial charge in [-0.05, 0) is 36.8 Å². The Bertz CT molecular complexity index is 1240. The van der Waals surface area contributed by atoms with E-state index in [1.807, 2.05) is 49.1 Å². The van der Waals surface area contributed by atoms with Crippen LogP contribution in [-0.4, -0.2) is 30.2 Å². The second-order valence-corrected chi connectivity index (χ2v) is 6.85. The van der Waals surface area contributed by atoms with E-state index in [9.17, 15) is 4.79 Å². The quantitative estimate of drug-likeness (QED) is 0.488. The SMILES string of the molecule is C=CC(=O)Nc1ccc2c(ccn2-c2nc(Nc3cnn(C)c3)ncc2Cl)c1C. The van der Waals surface area contributed by atoms with Crippen LogP contribution in [0.3, 0.4) is 0 Å². The first-order chi connectivity index (χ1) is 14.0. The topological polar surface area (TPSA) is 89.7 Å². The molecule has 3 aromatic heterocycles. The maximum Gasteiger partial charge on any atom is 0.247 e. The summed E-state index contributed by atoms with van der Waals surface area (Å²) >= 11 is 6.40. The number of hydrogen-bond donors (Lipinski definition) is 2. The highest BCUT2D eigenvalue weighted by Gasteiger charge is 2.14. The van der Waals surface area contributed by atoms with E-state index in [4.69, 9.17) is 11.6 Å². The molecule has 9 heteroatoms. The molecule has 0 aliphatic carbocycles. The first-order valence-electron chi connectivity index (χ1n) is 8.79. The van der Waals surface area contributed by atoms with Gasteiger partial charge in [0.2, 0.25) is 11.9 Å². The van der Waals surface area contributed by atoms with E-state index in [2.05, 4.69) is 32.3 Å². The van der Waals surface area contributed by atoms with Crippen molar-refractivity contribution in [1.29, 1.82) is 0 Å². The van der Waals surface area contributed by atoms with Gasteiger partial charge in [0.25, 0.3) is 0 Å². The highest BCUT2D eigenvalue weighted by atomic mass is 35.5. The summed E-state index contributed by atoms with van der Waals surface area (Å²) in [6, 6.07) is 5.72. The maximum absolute atomic E-state index is 11.6. The second-order valence-electron chi connectivity index (χ2n) is 6.44. The molecule has 1 amide bonds. The Balaban J connectivity index is 1.74. The summed E-state index contributed by atoms with van der Waals surface area (Å²) in [5, 5.41) is 11.4. The Morgan fingerprint density at radius 2 is 2.10 bits per heavy atom. The van der Waals surface area contributed by atoms with Gasteiger partial charge >= 0.3 is 0 Å². The van der Waals surface area contributed by atoms with Crippen LogP contribution in [0.2, 0.25) is 5.02 Å². The predicted octanol–water partition coefficient (Wildman–Crippen LogP) is 3.98. The van der Waals surface area contributed by atoms with Crippen molar-refractivity contribution >= 4 is 45.7 Å². The minimum atomic E-state index is -0.253. The van der Waals surface area contributed by atoms with Crippen LogP contribution in [0.4, 0.5) is 17.3 Å². The van der Waals surface area contributed by atoms with Gasteiger partial charge in [-0.2, -0.15) is 10.1 Å². The number of nitrogens with one attached hydrogen (secondary N) is 2. The highest BCUT2D eigenvalue weighted by molar-refractivity contribution is 6.32. The summed E-state index contributed by atoms with van der Waals surface area (Å²) < 4.78 is 3.57. The Hall–Kier alpha value is -3.65. The average Bonchev–Trinajstić information content (AvgIpc) is 3.32. The predicted molar refractivity (Wildman–Crippen MR) is 114 cm³/mol. The van der Waals surface area contributed by atoms with Crippen LogP contribution < -0.4 is 10.6 Å². The fraction of sp³-hybridized carbons (Fsp3) is 0.100. The zero-order valence-electron chi connectivity index (χ0n) is 15.8. The first kappa shape index (κ1) is 18.7. The number of benzene rings is 1. The minimum absolute atomic E-state index is 0.253. The molecule has 0 saturated carbocycles. The number of fused-ring (bicyclic) bond motifs is 1. The fourth-order valence-electron chi connectivity index (χ4n) is 3.07. The molecule has 0 aliphatic heterocycles. The summed E-state index contributed by atoms with van der Waals surface area (Å²) in [4.78, 5) is 20.5. The third-order valence-electron chi connectivity index (χ3n) is 4.50. The van der Waals surface area contributed by atoms with Crippen molar-refractivity contribution in [2.75, 3.05) is 10.6 Å². The van der Waals surface area contributed by atoms with E-state index in [0.717, 1.165) is 27.8 Å². The number of rotatable bonds is 5. The molecule has 2 N–H and O–H groups in total. The Kier molecular flexibility index (Phi) is 4.77. The summed E-state index contributed by atoms with van der Waals surface area (Å²) in [7, 11) is 1.83. The minimum Gasteiger partial charge on any atom is -0.322 e. The maximum atomic E-state index is 11.6. The Morgan fingerprint density at radius 1 is 1.28 bits per heavy atom. The summed E-state index contributed by atoms with van der Waals surface area (Å²) in [6.07, 6.45) is 8.20. The van der Waals surface area contributed by atoms with Crippen molar-refractivity contribution in [1.82, 2.24) is 24.3 Å². The van der Waals surface area contributed by atoms with Crippen molar-refractivity contribution < 1.29 is 4.79 Å². The van der Waals surface area contributed by atoms with Gasteiger partial charge in [0, 0.05) is 30.5 Å². The van der Waals surface area contributed by atoms with E-state index in [1.165, 1.54) is 6.08 Å². The number of carbonyl (C=O) groups excluding carboxylic acids is 1. The number of aryl methyl sites for hydroxylation is 2. The Morgan fingerprint density at radius 3 is 2.83 bits per heavy atom. The lowest BCUT2D eigenvalue weighted by Gasteiger charge is -2.11. The van der Waals surface area contributed by atoms with Crippen LogP contribution in [0.15, 0.2) is 55.6 Å². The zero-order chi connectivity index (χ0) is 20.5. The molecular weight excluding hydrogens is 390 g/mol. The van der Waals surface area contributed by atoms with Crippen LogP contribution in [0, 0.1) is 6.92 Å². The fourth-order valence-corrected chi connectivity index (χ4v) is 3.25. The lowest BCUT2D eigenvalue weighted by atomic mass is 10.1. The molecule has 3 heterocycles. The summed E-state index contributed by atoms with van der Waals surface area (Å²) in [5.74, 6) is 0.702. The molecule has 1 aromatic carbocycles. The van der Waals surface area contributed by atoms with Gasteiger partial charge in [0.1, 0.15) is 5.02 Å². The number of nitrogens with zero attached hydrogens (tertiary/aromatic N) is 5. The second kappa shape index (κ2) is 7.40. The van der Waals surface area contributed by atoms with Gasteiger partial charge in [-0.25, -0.2) is 4.98 Å². The van der Waals surface area contributed by atoms with Gasteiger partial charge in [0.05, 0.1) is 23.6 Å². The first-order valence-corrected chi connectivity index (χ1v) is 9.16. The molecule has 8 nitrogen and oxygen atoms in total. The molecular formula is C20H18ClN7O. The monoisotopic (exact) mass is 407 g/mol. The van der Waals surface area contributed by atoms with Crippen LogP contribution in [0.25, 0.3) is 16.7 Å². The smallest absolute Gasteiger partial charge is 0.247 e. The van der Waals surface area contributed by atoms with Crippen molar-refractivity contribution in [2.24, 2.45) is 7.05 Å². The van der Waals surface area contributed by atoms with Gasteiger partial charge in [0.15, 0.2) is 5.82 Å². The molecule has 0 fully saturated rings. The van der Waals surface area contributed by atoms with Crippen molar-refractivity contribution in [3.8, 4) is 5.82 Å². The molecule has 0 bridgehead atoms. The molecule has 146 valence electrons. The number of hydrogen-bond acceptors (Lipinski definition) is 5. The van der Waals surface area contributed by atoms with Gasteiger partial charge in [-0.1, -0.05) is 18.2 Å². The van der Waals surface area contributed by atoms with Gasteiger partial charge in [-0.15, -0.1) is 0 Å². The Labute approximate surface area is 171 Å². The normalized spacial score (nSPS) is 10.9. The lowest BCUT2D eigenvalue weighted by molar-refractivity contribution is -0.111. The molecule has 0 unspecified atom stereocenters. The zero-order valence-corrected chi connectivity index (χ0v) is 16.6. The van der Waals surface area contributed by atoms with E-state index in [0.29, 0.717) is 16.8 Å². The van der Waals surface area contributed by atoms with Gasteiger partial charge in [-0.3, -0.25) is 14.0 Å². The van der Waals surface area contributed by atoms with Crippen molar-refractivity contribution in [3.05, 3.63) is 66.2 Å². The van der Waals surface area contributed by atoms with Crippen LogP contribution in [-0.2, 0) is 11.8 Å². The van der Waals surface area contributed by atoms with E-state index in [1.54, 1.807) is 17.1 Å². The average molecular weight is 408 g/mol.